The van der Waals surface area contributed by atoms with E-state index in [0.29, 0.717) is 28.7 Å². The largest absolute Gasteiger partial charge is 0.397 e. The predicted octanol–water partition coefficient (Wildman–Crippen LogP) is 3.74. The summed E-state index contributed by atoms with van der Waals surface area (Å²) in [5.74, 6) is -0.112. The van der Waals surface area contributed by atoms with Crippen LogP contribution in [0.1, 0.15) is 28.6 Å². The minimum atomic E-state index is -0.112. The number of hydrogen-bond donors (Lipinski definition) is 3. The van der Waals surface area contributed by atoms with Gasteiger partial charge in [-0.25, -0.2) is 0 Å². The zero-order valence-corrected chi connectivity index (χ0v) is 13.4. The number of halogens is 1. The second-order valence-electron chi connectivity index (χ2n) is 4.63. The predicted molar refractivity (Wildman–Crippen MR) is 90.1 cm³/mol. The molecule has 0 aliphatic rings. The summed E-state index contributed by atoms with van der Waals surface area (Å²) >= 11 is 7.22. The molecule has 4 N–H and O–H groups in total. The van der Waals surface area contributed by atoms with Gasteiger partial charge < -0.3 is 16.4 Å². The highest BCUT2D eigenvalue weighted by Gasteiger charge is 2.13. The van der Waals surface area contributed by atoms with Gasteiger partial charge in [0.25, 0.3) is 5.91 Å². The quantitative estimate of drug-likeness (QED) is 0.758. The topological polar surface area (TPSA) is 67.2 Å². The Hall–Kier alpha value is -1.72. The fourth-order valence-electron chi connectivity index (χ4n) is 1.78. The number of hydrogen-bond acceptors (Lipinski definition) is 4. The summed E-state index contributed by atoms with van der Waals surface area (Å²) in [5.41, 5.74) is 7.52. The van der Waals surface area contributed by atoms with Crippen molar-refractivity contribution in [3.63, 3.8) is 0 Å². The lowest BCUT2D eigenvalue weighted by Crippen LogP contribution is -2.23. The highest BCUT2D eigenvalue weighted by Crippen LogP contribution is 2.29. The van der Waals surface area contributed by atoms with Crippen molar-refractivity contribution < 1.29 is 4.79 Å². The van der Waals surface area contributed by atoms with E-state index in [-0.39, 0.29) is 5.91 Å². The number of amides is 1. The SMILES string of the molecule is CCCNC(=O)c1sc(NCc2ccc(Cl)cc2)cc1N. The number of nitrogens with one attached hydrogen (secondary N) is 2. The molecule has 4 nitrogen and oxygen atoms in total. The maximum absolute atomic E-state index is 11.9. The molecular weight excluding hydrogens is 306 g/mol. The molecule has 0 fully saturated rings. The molecule has 6 heteroatoms. The molecule has 0 bridgehead atoms. The molecule has 0 atom stereocenters. The van der Waals surface area contributed by atoms with E-state index in [4.69, 9.17) is 17.3 Å². The van der Waals surface area contributed by atoms with Gasteiger partial charge in [-0.15, -0.1) is 11.3 Å². The second-order valence-corrected chi connectivity index (χ2v) is 6.12. The van der Waals surface area contributed by atoms with Gasteiger partial charge >= 0.3 is 0 Å². The smallest absolute Gasteiger partial charge is 0.263 e. The van der Waals surface area contributed by atoms with Crippen LogP contribution in [0.15, 0.2) is 30.3 Å². The van der Waals surface area contributed by atoms with E-state index in [0.717, 1.165) is 17.0 Å². The van der Waals surface area contributed by atoms with E-state index in [2.05, 4.69) is 10.6 Å². The summed E-state index contributed by atoms with van der Waals surface area (Å²) in [4.78, 5) is 12.5. The van der Waals surface area contributed by atoms with E-state index in [1.54, 1.807) is 6.07 Å². The Kier molecular flexibility index (Phi) is 5.47. The van der Waals surface area contributed by atoms with Gasteiger partial charge in [-0.2, -0.15) is 0 Å². The molecule has 2 rings (SSSR count). The Morgan fingerprint density at radius 3 is 2.71 bits per heavy atom. The van der Waals surface area contributed by atoms with Crippen LogP contribution in [0.5, 0.6) is 0 Å². The van der Waals surface area contributed by atoms with Gasteiger partial charge in [0.15, 0.2) is 0 Å². The van der Waals surface area contributed by atoms with Crippen molar-refractivity contribution in [2.75, 3.05) is 17.6 Å². The average Bonchev–Trinajstić information content (AvgIpc) is 2.85. The lowest BCUT2D eigenvalue weighted by Gasteiger charge is -2.03. The fraction of sp³-hybridized carbons (Fsp3) is 0.267. The van der Waals surface area contributed by atoms with Gasteiger partial charge in [-0.3, -0.25) is 4.79 Å². The Bertz CT molecular complexity index is 610. The Morgan fingerprint density at radius 2 is 2.05 bits per heavy atom. The van der Waals surface area contributed by atoms with Crippen LogP contribution in [-0.2, 0) is 6.54 Å². The van der Waals surface area contributed by atoms with E-state index in [1.165, 1.54) is 11.3 Å². The zero-order chi connectivity index (χ0) is 15.2. The second kappa shape index (κ2) is 7.33. The first-order valence-electron chi connectivity index (χ1n) is 6.76. The summed E-state index contributed by atoms with van der Waals surface area (Å²) < 4.78 is 0. The molecule has 2 aromatic rings. The van der Waals surface area contributed by atoms with E-state index >= 15 is 0 Å². The molecule has 0 unspecified atom stereocenters. The van der Waals surface area contributed by atoms with Gasteiger partial charge in [0.1, 0.15) is 4.88 Å². The maximum Gasteiger partial charge on any atom is 0.263 e. The van der Waals surface area contributed by atoms with Crippen molar-refractivity contribution in [1.82, 2.24) is 5.32 Å². The van der Waals surface area contributed by atoms with Gasteiger partial charge in [0.2, 0.25) is 0 Å². The number of carbonyl (C=O) groups excluding carboxylic acids is 1. The van der Waals surface area contributed by atoms with Crippen LogP contribution >= 0.6 is 22.9 Å². The number of rotatable bonds is 6. The molecule has 1 aromatic carbocycles. The van der Waals surface area contributed by atoms with Crippen LogP contribution in [0.25, 0.3) is 0 Å². The van der Waals surface area contributed by atoms with Crippen molar-refractivity contribution in [2.45, 2.75) is 19.9 Å². The van der Waals surface area contributed by atoms with Gasteiger partial charge in [0, 0.05) is 18.1 Å². The number of anilines is 2. The monoisotopic (exact) mass is 323 g/mol. The normalized spacial score (nSPS) is 10.4. The highest BCUT2D eigenvalue weighted by molar-refractivity contribution is 7.18. The van der Waals surface area contributed by atoms with Crippen molar-refractivity contribution in [3.8, 4) is 0 Å². The number of nitrogen functional groups attached to an aromatic ring is 1. The molecule has 0 saturated heterocycles. The molecule has 1 amide bonds. The van der Waals surface area contributed by atoms with Crippen LogP contribution in [-0.4, -0.2) is 12.5 Å². The summed E-state index contributed by atoms with van der Waals surface area (Å²) in [6, 6.07) is 9.42. The number of nitrogens with two attached hydrogens (primary N) is 1. The summed E-state index contributed by atoms with van der Waals surface area (Å²) in [6.07, 6.45) is 0.901. The molecule has 1 aromatic heterocycles. The van der Waals surface area contributed by atoms with Crippen molar-refractivity contribution in [3.05, 3.63) is 45.8 Å². The van der Waals surface area contributed by atoms with Gasteiger partial charge in [-0.05, 0) is 30.2 Å². The number of benzene rings is 1. The first-order chi connectivity index (χ1) is 10.1. The molecule has 1 heterocycles. The summed E-state index contributed by atoms with van der Waals surface area (Å²) in [6.45, 7) is 3.33. The van der Waals surface area contributed by atoms with E-state index < -0.39 is 0 Å². The number of carbonyl (C=O) groups is 1. The minimum absolute atomic E-state index is 0.112. The van der Waals surface area contributed by atoms with E-state index in [1.807, 2.05) is 31.2 Å². The van der Waals surface area contributed by atoms with Crippen molar-refractivity contribution in [1.29, 1.82) is 0 Å². The molecule has 0 aliphatic heterocycles. The summed E-state index contributed by atoms with van der Waals surface area (Å²) in [7, 11) is 0. The molecule has 21 heavy (non-hydrogen) atoms. The third kappa shape index (κ3) is 4.37. The van der Waals surface area contributed by atoms with Crippen LogP contribution < -0.4 is 16.4 Å². The van der Waals surface area contributed by atoms with Crippen LogP contribution in [0, 0.1) is 0 Å². The van der Waals surface area contributed by atoms with Gasteiger partial charge in [-0.1, -0.05) is 30.7 Å². The summed E-state index contributed by atoms with van der Waals surface area (Å²) in [5, 5.41) is 7.70. The minimum Gasteiger partial charge on any atom is -0.397 e. The fourth-order valence-corrected chi connectivity index (χ4v) is 2.80. The first kappa shape index (κ1) is 15.7. The zero-order valence-electron chi connectivity index (χ0n) is 11.8. The van der Waals surface area contributed by atoms with Crippen LogP contribution in [0.2, 0.25) is 5.02 Å². The molecule has 112 valence electrons. The Balaban J connectivity index is 1.98. The molecule has 0 radical (unpaired) electrons. The molecule has 0 spiro atoms. The van der Waals surface area contributed by atoms with Crippen molar-refractivity contribution in [2.24, 2.45) is 0 Å². The van der Waals surface area contributed by atoms with E-state index in [9.17, 15) is 4.79 Å². The Morgan fingerprint density at radius 1 is 1.33 bits per heavy atom. The van der Waals surface area contributed by atoms with Crippen LogP contribution in [0.4, 0.5) is 10.7 Å². The van der Waals surface area contributed by atoms with Crippen LogP contribution in [0.3, 0.4) is 0 Å². The Labute approximate surface area is 133 Å². The average molecular weight is 324 g/mol. The first-order valence-corrected chi connectivity index (χ1v) is 7.95. The van der Waals surface area contributed by atoms with Gasteiger partial charge in [0.05, 0.1) is 10.7 Å². The molecule has 0 saturated carbocycles. The standard InChI is InChI=1S/C15H18ClN3OS/c1-2-7-18-15(20)14-12(17)8-13(21-14)19-9-10-3-5-11(16)6-4-10/h3-6,8,19H,2,7,9,17H2,1H3,(H,18,20). The third-order valence-corrected chi connectivity index (χ3v) is 4.24. The lowest BCUT2D eigenvalue weighted by atomic mass is 10.2. The molecule has 0 aliphatic carbocycles. The molecular formula is C15H18ClN3OS. The maximum atomic E-state index is 11.9. The van der Waals surface area contributed by atoms with Crippen molar-refractivity contribution >= 4 is 39.5 Å². The third-order valence-electron chi connectivity index (χ3n) is 2.88. The highest BCUT2D eigenvalue weighted by atomic mass is 35.5. The lowest BCUT2D eigenvalue weighted by molar-refractivity contribution is 0.0958. The number of thiophene rings is 1.